The van der Waals surface area contributed by atoms with E-state index in [-0.39, 0.29) is 0 Å². The van der Waals surface area contributed by atoms with E-state index in [2.05, 4.69) is 17.7 Å². The highest BCUT2D eigenvalue weighted by atomic mass is 15.2. The van der Waals surface area contributed by atoms with Crippen LogP contribution in [0.1, 0.15) is 13.3 Å². The first-order valence-corrected chi connectivity index (χ1v) is 4.55. The Morgan fingerprint density at radius 3 is 2.55 bits per heavy atom. The molecule has 11 heavy (non-hydrogen) atoms. The number of nitrogens with zero attached hydrogens (tertiary/aromatic N) is 1. The highest BCUT2D eigenvalue weighted by Gasteiger charge is 2.54. The zero-order valence-corrected chi connectivity index (χ0v) is 7.09. The summed E-state index contributed by atoms with van der Waals surface area (Å²) in [4.78, 5) is 2.54. The molecular weight excluding hydrogens is 134 g/mol. The molecule has 0 aromatic carbocycles. The minimum absolute atomic E-state index is 0.642. The van der Waals surface area contributed by atoms with Gasteiger partial charge in [-0.05, 0) is 24.8 Å². The van der Waals surface area contributed by atoms with E-state index in [1.165, 1.54) is 26.1 Å². The molecule has 1 heterocycles. The number of fused-ring (bicyclic) bond motifs is 1. The maximum Gasteiger partial charge on any atom is 0.0288 e. The molecule has 0 aromatic heterocycles. The minimum atomic E-state index is 0.642. The quantitative estimate of drug-likeness (QED) is 0.533. The van der Waals surface area contributed by atoms with Crippen molar-refractivity contribution in [2.75, 3.05) is 19.6 Å². The summed E-state index contributed by atoms with van der Waals surface area (Å²) in [7, 11) is 0. The molecule has 2 rings (SSSR count). The monoisotopic (exact) mass is 149 g/mol. The molecule has 1 unspecified atom stereocenters. The standard InChI is InChI=1S/C10H15N/c1-3-5-11-6-9-8(4-2)10(9)7-11/h2,8-10H,3,5-7H2,1H3/t8?,9-,10+. The van der Waals surface area contributed by atoms with E-state index in [0.29, 0.717) is 5.92 Å². The maximum absolute atomic E-state index is 5.37. The lowest BCUT2D eigenvalue weighted by Gasteiger charge is -2.16. The van der Waals surface area contributed by atoms with Crippen molar-refractivity contribution >= 4 is 0 Å². The molecule has 0 radical (unpaired) electrons. The Hall–Kier alpha value is -0.480. The Balaban J connectivity index is 1.81. The van der Waals surface area contributed by atoms with Crippen LogP contribution < -0.4 is 0 Å². The van der Waals surface area contributed by atoms with Crippen molar-refractivity contribution in [2.24, 2.45) is 17.8 Å². The summed E-state index contributed by atoms with van der Waals surface area (Å²) in [6, 6.07) is 0. The van der Waals surface area contributed by atoms with E-state index in [4.69, 9.17) is 6.42 Å². The van der Waals surface area contributed by atoms with Crippen LogP contribution >= 0.6 is 0 Å². The molecule has 0 spiro atoms. The molecular formula is C10H15N. The van der Waals surface area contributed by atoms with Gasteiger partial charge in [0.15, 0.2) is 0 Å². The van der Waals surface area contributed by atoms with Crippen molar-refractivity contribution in [1.82, 2.24) is 4.90 Å². The molecule has 0 amide bonds. The summed E-state index contributed by atoms with van der Waals surface area (Å²) < 4.78 is 0. The van der Waals surface area contributed by atoms with Gasteiger partial charge in [-0.25, -0.2) is 0 Å². The second-order valence-corrected chi connectivity index (χ2v) is 3.78. The summed E-state index contributed by atoms with van der Waals surface area (Å²) in [5.74, 6) is 5.25. The molecule has 3 atom stereocenters. The van der Waals surface area contributed by atoms with Gasteiger partial charge < -0.3 is 4.90 Å². The van der Waals surface area contributed by atoms with Gasteiger partial charge in [-0.15, -0.1) is 12.3 Å². The van der Waals surface area contributed by atoms with Gasteiger partial charge in [0.1, 0.15) is 0 Å². The fourth-order valence-electron chi connectivity index (χ4n) is 2.36. The van der Waals surface area contributed by atoms with E-state index in [1.807, 2.05) is 0 Å². The number of likely N-dealkylation sites (tertiary alicyclic amines) is 1. The van der Waals surface area contributed by atoms with Gasteiger partial charge in [0, 0.05) is 19.0 Å². The van der Waals surface area contributed by atoms with Crippen molar-refractivity contribution in [3.8, 4) is 12.3 Å². The molecule has 0 bridgehead atoms. The number of hydrogen-bond acceptors (Lipinski definition) is 1. The van der Waals surface area contributed by atoms with Crippen molar-refractivity contribution in [2.45, 2.75) is 13.3 Å². The Morgan fingerprint density at radius 2 is 2.09 bits per heavy atom. The number of terminal acetylenes is 1. The van der Waals surface area contributed by atoms with Crippen LogP contribution in [0.15, 0.2) is 0 Å². The number of rotatable bonds is 2. The van der Waals surface area contributed by atoms with Gasteiger partial charge in [0.05, 0.1) is 0 Å². The molecule has 1 aliphatic carbocycles. The fraction of sp³-hybridized carbons (Fsp3) is 0.800. The molecule has 1 heteroatoms. The maximum atomic E-state index is 5.37. The Kier molecular flexibility index (Phi) is 1.65. The van der Waals surface area contributed by atoms with Crippen LogP contribution in [0.25, 0.3) is 0 Å². The lowest BCUT2D eigenvalue weighted by atomic mass is 10.3. The smallest absolute Gasteiger partial charge is 0.0288 e. The van der Waals surface area contributed by atoms with E-state index in [9.17, 15) is 0 Å². The van der Waals surface area contributed by atoms with Gasteiger partial charge >= 0.3 is 0 Å². The predicted molar refractivity (Wildman–Crippen MR) is 46.0 cm³/mol. The van der Waals surface area contributed by atoms with Crippen molar-refractivity contribution in [1.29, 1.82) is 0 Å². The average molecular weight is 149 g/mol. The third-order valence-corrected chi connectivity index (χ3v) is 3.00. The molecule has 0 aromatic rings. The van der Waals surface area contributed by atoms with Crippen molar-refractivity contribution in [3.63, 3.8) is 0 Å². The predicted octanol–water partition coefficient (Wildman–Crippen LogP) is 1.21. The fourth-order valence-corrected chi connectivity index (χ4v) is 2.36. The average Bonchev–Trinajstić information content (AvgIpc) is 2.47. The zero-order valence-electron chi connectivity index (χ0n) is 7.09. The largest absolute Gasteiger partial charge is 0.303 e. The topological polar surface area (TPSA) is 3.24 Å². The van der Waals surface area contributed by atoms with Gasteiger partial charge in [-0.3, -0.25) is 0 Å². The second kappa shape index (κ2) is 2.53. The van der Waals surface area contributed by atoms with Gasteiger partial charge in [-0.2, -0.15) is 0 Å². The second-order valence-electron chi connectivity index (χ2n) is 3.78. The highest BCUT2D eigenvalue weighted by Crippen LogP contribution is 2.50. The summed E-state index contributed by atoms with van der Waals surface area (Å²) in [6.45, 7) is 6.05. The zero-order chi connectivity index (χ0) is 7.84. The lowest BCUT2D eigenvalue weighted by molar-refractivity contribution is 0.296. The van der Waals surface area contributed by atoms with E-state index in [0.717, 1.165) is 11.8 Å². The Bertz CT molecular complexity index is 180. The van der Waals surface area contributed by atoms with Crippen molar-refractivity contribution < 1.29 is 0 Å². The summed E-state index contributed by atoms with van der Waals surface area (Å²) >= 11 is 0. The van der Waals surface area contributed by atoms with Crippen molar-refractivity contribution in [3.05, 3.63) is 0 Å². The third kappa shape index (κ3) is 1.06. The van der Waals surface area contributed by atoms with Gasteiger partial charge in [0.25, 0.3) is 0 Å². The highest BCUT2D eigenvalue weighted by molar-refractivity contribution is 5.17. The van der Waals surface area contributed by atoms with E-state index >= 15 is 0 Å². The molecule has 1 aliphatic heterocycles. The van der Waals surface area contributed by atoms with Crippen LogP contribution in [0.2, 0.25) is 0 Å². The first-order chi connectivity index (χ1) is 5.36. The Labute approximate surface area is 68.8 Å². The third-order valence-electron chi connectivity index (χ3n) is 3.00. The van der Waals surface area contributed by atoms with Crippen LogP contribution in [0.4, 0.5) is 0 Å². The lowest BCUT2D eigenvalue weighted by Crippen LogP contribution is -2.24. The van der Waals surface area contributed by atoms with Crippen LogP contribution in [0, 0.1) is 30.1 Å². The molecule has 2 fully saturated rings. The van der Waals surface area contributed by atoms with E-state index in [1.54, 1.807) is 0 Å². The molecule has 1 saturated carbocycles. The summed E-state index contributed by atoms with van der Waals surface area (Å²) in [6.07, 6.45) is 6.65. The minimum Gasteiger partial charge on any atom is -0.303 e. The molecule has 2 aliphatic rings. The molecule has 60 valence electrons. The van der Waals surface area contributed by atoms with Crippen LogP contribution in [0.3, 0.4) is 0 Å². The Morgan fingerprint density at radius 1 is 1.45 bits per heavy atom. The van der Waals surface area contributed by atoms with Crippen LogP contribution in [-0.4, -0.2) is 24.5 Å². The van der Waals surface area contributed by atoms with Crippen LogP contribution in [-0.2, 0) is 0 Å². The van der Waals surface area contributed by atoms with Crippen LogP contribution in [0.5, 0.6) is 0 Å². The first-order valence-electron chi connectivity index (χ1n) is 4.55. The normalized spacial score (nSPS) is 41.6. The first kappa shape index (κ1) is 7.18. The molecule has 0 N–H and O–H groups in total. The summed E-state index contributed by atoms with van der Waals surface area (Å²) in [5, 5.41) is 0. The SMILES string of the molecule is C#CC1[C@H]2CN(CCC)C[C@@H]12. The van der Waals surface area contributed by atoms with E-state index < -0.39 is 0 Å². The van der Waals surface area contributed by atoms with Gasteiger partial charge in [-0.1, -0.05) is 6.92 Å². The molecule has 1 nitrogen and oxygen atoms in total. The number of hydrogen-bond donors (Lipinski definition) is 0. The van der Waals surface area contributed by atoms with Gasteiger partial charge in [0.2, 0.25) is 0 Å². The summed E-state index contributed by atoms with van der Waals surface area (Å²) in [5.41, 5.74) is 0. The number of piperidine rings is 1. The molecule has 1 saturated heterocycles.